The lowest BCUT2D eigenvalue weighted by Gasteiger charge is -1.86. The Bertz CT molecular complexity index is 114. The summed E-state index contributed by atoms with van der Waals surface area (Å²) in [6, 6.07) is 0. The molecule has 0 aromatic rings. The van der Waals surface area contributed by atoms with Gasteiger partial charge in [0.1, 0.15) is 9.92 Å². The molecule has 0 amide bonds. The first-order valence-electron chi connectivity index (χ1n) is 1.60. The van der Waals surface area contributed by atoms with Crippen LogP contribution < -0.4 is 5.14 Å². The van der Waals surface area contributed by atoms with E-state index >= 15 is 0 Å². The Morgan fingerprint density at radius 3 is 2.17 bits per heavy atom. The van der Waals surface area contributed by atoms with E-state index in [1.165, 1.54) is 0 Å². The second-order valence-corrected chi connectivity index (χ2v) is 3.04. The van der Waals surface area contributed by atoms with Crippen LogP contribution in [0.3, 0.4) is 0 Å². The molecule has 1 unspecified atom stereocenters. The smallest absolute Gasteiger partial charge is 0.102 e. The average molecular weight is 108 g/mol. The van der Waals surface area contributed by atoms with Gasteiger partial charge in [-0.15, -0.1) is 0 Å². The van der Waals surface area contributed by atoms with E-state index in [0.717, 1.165) is 0 Å². The molecule has 0 aliphatic carbocycles. The number of nitrogens with one attached hydrogen (secondary N) is 1. The third kappa shape index (κ3) is 3.91. The van der Waals surface area contributed by atoms with Gasteiger partial charge in [-0.1, -0.05) is 6.92 Å². The van der Waals surface area contributed by atoms with Crippen molar-refractivity contribution in [1.29, 1.82) is 4.78 Å². The van der Waals surface area contributed by atoms with Crippen molar-refractivity contribution < 1.29 is 4.21 Å². The second kappa shape index (κ2) is 1.57. The summed E-state index contributed by atoms with van der Waals surface area (Å²) in [7, 11) is -2.66. The van der Waals surface area contributed by atoms with E-state index in [1.807, 2.05) is 0 Å². The largest absolute Gasteiger partial charge is 0.245 e. The normalized spacial score (nSPS) is 19.7. The van der Waals surface area contributed by atoms with Crippen molar-refractivity contribution in [2.45, 2.75) is 6.92 Å². The molecule has 0 rings (SSSR count). The summed E-state index contributed by atoms with van der Waals surface area (Å²) in [5.41, 5.74) is 0. The summed E-state index contributed by atoms with van der Waals surface area (Å²) in [6.07, 6.45) is 0. The van der Waals surface area contributed by atoms with Gasteiger partial charge in [0.15, 0.2) is 0 Å². The van der Waals surface area contributed by atoms with Crippen molar-refractivity contribution in [2.24, 2.45) is 5.14 Å². The van der Waals surface area contributed by atoms with Crippen LogP contribution in [0.2, 0.25) is 0 Å². The first-order chi connectivity index (χ1) is 2.56. The summed E-state index contributed by atoms with van der Waals surface area (Å²) < 4.78 is 16.5. The second-order valence-electron chi connectivity index (χ2n) is 1.01. The molecule has 3 N–H and O–H groups in total. The molecule has 0 spiro atoms. The van der Waals surface area contributed by atoms with Crippen LogP contribution in [0.5, 0.6) is 0 Å². The zero-order valence-corrected chi connectivity index (χ0v) is 4.42. The highest BCUT2D eigenvalue weighted by Crippen LogP contribution is 1.71. The van der Waals surface area contributed by atoms with Gasteiger partial charge >= 0.3 is 0 Å². The first-order valence-corrected chi connectivity index (χ1v) is 3.39. The molecule has 4 heteroatoms. The van der Waals surface area contributed by atoms with Crippen LogP contribution in [0.15, 0.2) is 0 Å². The average Bonchev–Trinajstić information content (AvgIpc) is 1.35. The number of rotatable bonds is 1. The Balaban J connectivity index is 3.85. The van der Waals surface area contributed by atoms with E-state index in [2.05, 4.69) is 0 Å². The lowest BCUT2D eigenvalue weighted by molar-refractivity contribution is 0.677. The molecule has 0 aromatic heterocycles. The number of hydrogen-bond acceptors (Lipinski definition) is 2. The molecular weight excluding hydrogens is 100 g/mol. The molecule has 0 heterocycles. The van der Waals surface area contributed by atoms with Crippen molar-refractivity contribution in [3.63, 3.8) is 0 Å². The molecule has 0 aromatic carbocycles. The van der Waals surface area contributed by atoms with Gasteiger partial charge in [0.25, 0.3) is 0 Å². The van der Waals surface area contributed by atoms with Crippen LogP contribution in [0.25, 0.3) is 0 Å². The van der Waals surface area contributed by atoms with Crippen molar-refractivity contribution in [2.75, 3.05) is 5.75 Å². The van der Waals surface area contributed by atoms with Gasteiger partial charge in [0.2, 0.25) is 0 Å². The van der Waals surface area contributed by atoms with Gasteiger partial charge in [-0.3, -0.25) is 0 Å². The van der Waals surface area contributed by atoms with Crippen LogP contribution in [-0.2, 0) is 9.92 Å². The Labute approximate surface area is 37.6 Å². The molecule has 0 saturated carbocycles. The first kappa shape index (κ1) is 5.91. The van der Waals surface area contributed by atoms with Crippen LogP contribution in [0.1, 0.15) is 6.92 Å². The topological polar surface area (TPSA) is 66.9 Å². The van der Waals surface area contributed by atoms with Crippen LogP contribution in [-0.4, -0.2) is 9.96 Å². The fourth-order valence-corrected chi connectivity index (χ4v) is 0. The fraction of sp³-hybridized carbons (Fsp3) is 1.00. The minimum absolute atomic E-state index is 0.243. The maximum absolute atomic E-state index is 10.0. The van der Waals surface area contributed by atoms with Crippen LogP contribution >= 0.6 is 0 Å². The highest BCUT2D eigenvalue weighted by Gasteiger charge is 1.85. The molecule has 1 atom stereocenters. The quantitative estimate of drug-likeness (QED) is 0.485. The summed E-state index contributed by atoms with van der Waals surface area (Å²) in [6.45, 7) is 1.62. The van der Waals surface area contributed by atoms with E-state index in [4.69, 9.17) is 9.92 Å². The molecule has 0 fully saturated rings. The van der Waals surface area contributed by atoms with Gasteiger partial charge in [-0.2, -0.15) is 0 Å². The molecule has 0 aliphatic rings. The lowest BCUT2D eigenvalue weighted by Crippen LogP contribution is -2.11. The monoisotopic (exact) mass is 108 g/mol. The maximum atomic E-state index is 10.0. The molecular formula is C2H8N2OS. The van der Waals surface area contributed by atoms with Gasteiger partial charge in [-0.05, 0) is 0 Å². The molecule has 6 heavy (non-hydrogen) atoms. The molecule has 0 aliphatic heterocycles. The summed E-state index contributed by atoms with van der Waals surface area (Å²) in [5.74, 6) is 0.243. The van der Waals surface area contributed by atoms with Gasteiger partial charge in [-0.25, -0.2) is 14.1 Å². The Morgan fingerprint density at radius 2 is 2.17 bits per heavy atom. The van der Waals surface area contributed by atoms with Gasteiger partial charge < -0.3 is 0 Å². The Hall–Kier alpha value is -0.0900. The van der Waals surface area contributed by atoms with Gasteiger partial charge in [0, 0.05) is 5.75 Å². The van der Waals surface area contributed by atoms with E-state index in [9.17, 15) is 4.21 Å². The Kier molecular flexibility index (Phi) is 1.55. The lowest BCUT2D eigenvalue weighted by atomic mass is 11.0. The highest BCUT2D eigenvalue weighted by molar-refractivity contribution is 7.90. The van der Waals surface area contributed by atoms with Crippen LogP contribution in [0, 0.1) is 4.78 Å². The van der Waals surface area contributed by atoms with Crippen molar-refractivity contribution in [3.05, 3.63) is 0 Å². The van der Waals surface area contributed by atoms with E-state index in [-0.39, 0.29) is 5.75 Å². The highest BCUT2D eigenvalue weighted by atomic mass is 32.2. The van der Waals surface area contributed by atoms with Crippen molar-refractivity contribution in [3.8, 4) is 0 Å². The third-order valence-electron chi connectivity index (χ3n) is 0.429. The van der Waals surface area contributed by atoms with E-state index in [0.29, 0.717) is 0 Å². The summed E-state index contributed by atoms with van der Waals surface area (Å²) >= 11 is 0. The summed E-state index contributed by atoms with van der Waals surface area (Å²) in [5, 5.41) is 4.73. The van der Waals surface area contributed by atoms with Gasteiger partial charge in [0.05, 0.1) is 0 Å². The molecule has 38 valence electrons. The van der Waals surface area contributed by atoms with E-state index < -0.39 is 9.92 Å². The maximum Gasteiger partial charge on any atom is 0.102 e. The third-order valence-corrected chi connectivity index (χ3v) is 1.29. The van der Waals surface area contributed by atoms with Crippen molar-refractivity contribution >= 4 is 9.92 Å². The summed E-state index contributed by atoms with van der Waals surface area (Å²) in [4.78, 5) is 0. The molecule has 3 nitrogen and oxygen atoms in total. The number of hydrogen-bond donors (Lipinski definition) is 2. The minimum Gasteiger partial charge on any atom is -0.245 e. The van der Waals surface area contributed by atoms with Crippen LogP contribution in [0.4, 0.5) is 0 Å². The molecule has 0 saturated heterocycles. The predicted molar refractivity (Wildman–Crippen MR) is 25.6 cm³/mol. The predicted octanol–water partition coefficient (Wildman–Crippen LogP) is -0.0732. The minimum atomic E-state index is -2.66. The molecule has 0 radical (unpaired) electrons. The van der Waals surface area contributed by atoms with E-state index in [1.54, 1.807) is 6.92 Å². The zero-order chi connectivity index (χ0) is 5.21. The SMILES string of the molecule is CCS(=N)(N)=O. The molecule has 0 bridgehead atoms. The number of nitrogens with two attached hydrogens (primary N) is 1. The standard InChI is InChI=1S/C2H8N2OS/c1-2-6(3,4)5/h2H2,1H3,(H3,3,4,5). The van der Waals surface area contributed by atoms with Crippen molar-refractivity contribution in [1.82, 2.24) is 0 Å². The zero-order valence-electron chi connectivity index (χ0n) is 3.60. The Morgan fingerprint density at radius 1 is 2.00 bits per heavy atom. The fourth-order valence-electron chi connectivity index (χ4n) is 0.